The van der Waals surface area contributed by atoms with Gasteiger partial charge in [-0.15, -0.1) is 0 Å². The van der Waals surface area contributed by atoms with Gasteiger partial charge in [0.05, 0.1) is 11.3 Å². The van der Waals surface area contributed by atoms with Crippen LogP contribution in [0, 0.1) is 5.92 Å². The van der Waals surface area contributed by atoms with E-state index in [4.69, 9.17) is 5.73 Å². The normalized spacial score (nSPS) is 12.0. The number of carbonyl (C=O) groups excluding carboxylic acids is 1. The molecule has 0 aromatic heterocycles. The van der Waals surface area contributed by atoms with Crippen molar-refractivity contribution in [3.05, 3.63) is 23.8 Å². The molecule has 0 radical (unpaired) electrons. The highest BCUT2D eigenvalue weighted by Crippen LogP contribution is 2.23. The topological polar surface area (TPSA) is 58.4 Å². The van der Waals surface area contributed by atoms with Gasteiger partial charge in [0.25, 0.3) is 5.91 Å². The fraction of sp³-hybridized carbons (Fsp3) is 0.500. The van der Waals surface area contributed by atoms with Gasteiger partial charge in [-0.1, -0.05) is 20.3 Å². The van der Waals surface area contributed by atoms with E-state index in [2.05, 4.69) is 24.1 Å². The fourth-order valence-electron chi connectivity index (χ4n) is 1.89. The Bertz CT molecular complexity index is 418. The number of amides is 1. The summed E-state index contributed by atoms with van der Waals surface area (Å²) in [6, 6.07) is 5.38. The average Bonchev–Trinajstić information content (AvgIpc) is 2.37. The molecule has 100 valence electrons. The molecule has 1 aromatic rings. The van der Waals surface area contributed by atoms with Gasteiger partial charge < -0.3 is 16.0 Å². The first-order valence-corrected chi connectivity index (χ1v) is 6.32. The van der Waals surface area contributed by atoms with Crippen LogP contribution in [0.4, 0.5) is 11.4 Å². The van der Waals surface area contributed by atoms with Crippen molar-refractivity contribution in [1.29, 1.82) is 0 Å². The Balaban J connectivity index is 3.04. The SMILES string of the molecule is CCC(C)CN(C)c1cc(N)ccc1C(=O)NC. The maximum absolute atomic E-state index is 11.8. The van der Waals surface area contributed by atoms with E-state index in [-0.39, 0.29) is 5.91 Å². The predicted molar refractivity (Wildman–Crippen MR) is 77.0 cm³/mol. The van der Waals surface area contributed by atoms with Gasteiger partial charge in [0.2, 0.25) is 0 Å². The molecule has 18 heavy (non-hydrogen) atoms. The fourth-order valence-corrected chi connectivity index (χ4v) is 1.89. The molecular weight excluding hydrogens is 226 g/mol. The van der Waals surface area contributed by atoms with Gasteiger partial charge >= 0.3 is 0 Å². The maximum atomic E-state index is 11.8. The largest absolute Gasteiger partial charge is 0.399 e. The van der Waals surface area contributed by atoms with Crippen LogP contribution in [0.25, 0.3) is 0 Å². The molecule has 0 bridgehead atoms. The standard InChI is InChI=1S/C14H23N3O/c1-5-10(2)9-17(4)13-8-11(15)6-7-12(13)14(18)16-3/h6-8,10H,5,9,15H2,1-4H3,(H,16,18). The lowest BCUT2D eigenvalue weighted by Crippen LogP contribution is -2.27. The van der Waals surface area contributed by atoms with E-state index in [1.807, 2.05) is 13.1 Å². The van der Waals surface area contributed by atoms with E-state index in [0.29, 0.717) is 17.2 Å². The lowest BCUT2D eigenvalue weighted by molar-refractivity contribution is 0.0963. The van der Waals surface area contributed by atoms with Crippen LogP contribution in [0.2, 0.25) is 0 Å². The molecule has 4 heteroatoms. The molecule has 4 nitrogen and oxygen atoms in total. The summed E-state index contributed by atoms with van der Waals surface area (Å²) in [5.41, 5.74) is 8.03. The summed E-state index contributed by atoms with van der Waals surface area (Å²) in [4.78, 5) is 13.9. The average molecular weight is 249 g/mol. The van der Waals surface area contributed by atoms with Crippen molar-refractivity contribution in [2.75, 3.05) is 31.3 Å². The van der Waals surface area contributed by atoms with Crippen LogP contribution in [-0.4, -0.2) is 26.5 Å². The number of anilines is 2. The van der Waals surface area contributed by atoms with Crippen molar-refractivity contribution in [1.82, 2.24) is 5.32 Å². The molecule has 1 amide bonds. The van der Waals surface area contributed by atoms with E-state index in [0.717, 1.165) is 18.7 Å². The molecule has 0 aliphatic carbocycles. The molecule has 0 spiro atoms. The molecule has 0 fully saturated rings. The second-order valence-corrected chi connectivity index (χ2v) is 4.75. The summed E-state index contributed by atoms with van der Waals surface area (Å²) < 4.78 is 0. The van der Waals surface area contributed by atoms with Gasteiger partial charge in [0.15, 0.2) is 0 Å². The Morgan fingerprint density at radius 3 is 2.72 bits per heavy atom. The Morgan fingerprint density at radius 1 is 1.50 bits per heavy atom. The summed E-state index contributed by atoms with van der Waals surface area (Å²) in [5.74, 6) is 0.495. The molecule has 0 saturated heterocycles. The molecule has 1 atom stereocenters. The van der Waals surface area contributed by atoms with Crippen molar-refractivity contribution in [3.63, 3.8) is 0 Å². The molecule has 1 unspecified atom stereocenters. The first-order valence-electron chi connectivity index (χ1n) is 6.32. The molecule has 0 aliphatic rings. The highest BCUT2D eigenvalue weighted by Gasteiger charge is 2.15. The quantitative estimate of drug-likeness (QED) is 0.786. The van der Waals surface area contributed by atoms with Crippen LogP contribution >= 0.6 is 0 Å². The summed E-state index contributed by atoms with van der Waals surface area (Å²) in [6.07, 6.45) is 1.11. The summed E-state index contributed by atoms with van der Waals surface area (Å²) in [5, 5.41) is 2.66. The Morgan fingerprint density at radius 2 is 2.17 bits per heavy atom. The number of nitrogens with one attached hydrogen (secondary N) is 1. The Labute approximate surface area is 109 Å². The first kappa shape index (κ1) is 14.4. The van der Waals surface area contributed by atoms with Crippen molar-refractivity contribution < 1.29 is 4.79 Å². The molecular formula is C14H23N3O. The van der Waals surface area contributed by atoms with Gasteiger partial charge in [-0.3, -0.25) is 4.79 Å². The second kappa shape index (κ2) is 6.28. The van der Waals surface area contributed by atoms with Crippen LogP contribution in [0.15, 0.2) is 18.2 Å². The number of hydrogen-bond acceptors (Lipinski definition) is 3. The van der Waals surface area contributed by atoms with Crippen molar-refractivity contribution >= 4 is 17.3 Å². The zero-order valence-electron chi connectivity index (χ0n) is 11.7. The summed E-state index contributed by atoms with van der Waals surface area (Å²) >= 11 is 0. The van der Waals surface area contributed by atoms with Gasteiger partial charge in [0, 0.05) is 26.3 Å². The van der Waals surface area contributed by atoms with Crippen LogP contribution in [0.3, 0.4) is 0 Å². The highest BCUT2D eigenvalue weighted by molar-refractivity contribution is 6.00. The molecule has 1 aromatic carbocycles. The van der Waals surface area contributed by atoms with Crippen LogP contribution < -0.4 is 16.0 Å². The zero-order valence-corrected chi connectivity index (χ0v) is 11.7. The van der Waals surface area contributed by atoms with E-state index < -0.39 is 0 Å². The third kappa shape index (κ3) is 3.39. The van der Waals surface area contributed by atoms with Crippen molar-refractivity contribution in [2.24, 2.45) is 5.92 Å². The zero-order chi connectivity index (χ0) is 13.7. The van der Waals surface area contributed by atoms with Crippen molar-refractivity contribution in [3.8, 4) is 0 Å². The molecule has 1 rings (SSSR count). The number of nitrogen functional groups attached to an aromatic ring is 1. The summed E-state index contributed by atoms with van der Waals surface area (Å²) in [6.45, 7) is 5.27. The maximum Gasteiger partial charge on any atom is 0.253 e. The molecule has 3 N–H and O–H groups in total. The first-order chi connectivity index (χ1) is 8.49. The van der Waals surface area contributed by atoms with Gasteiger partial charge in [0.1, 0.15) is 0 Å². The molecule has 0 heterocycles. The smallest absolute Gasteiger partial charge is 0.253 e. The lowest BCUT2D eigenvalue weighted by Gasteiger charge is -2.25. The number of rotatable bonds is 5. The van der Waals surface area contributed by atoms with E-state index in [1.165, 1.54) is 0 Å². The number of nitrogens with two attached hydrogens (primary N) is 1. The molecule has 0 aliphatic heterocycles. The van der Waals surface area contributed by atoms with Gasteiger partial charge in [-0.05, 0) is 24.1 Å². The van der Waals surface area contributed by atoms with Crippen molar-refractivity contribution in [2.45, 2.75) is 20.3 Å². The number of hydrogen-bond donors (Lipinski definition) is 2. The lowest BCUT2D eigenvalue weighted by atomic mass is 10.1. The van der Waals surface area contributed by atoms with Gasteiger partial charge in [-0.2, -0.15) is 0 Å². The van der Waals surface area contributed by atoms with E-state index in [1.54, 1.807) is 19.2 Å². The minimum atomic E-state index is -0.0824. The third-order valence-electron chi connectivity index (χ3n) is 3.19. The van der Waals surface area contributed by atoms with Gasteiger partial charge in [-0.25, -0.2) is 0 Å². The van der Waals surface area contributed by atoms with Crippen LogP contribution in [-0.2, 0) is 0 Å². The molecule has 0 saturated carbocycles. The Kier molecular flexibility index (Phi) is 5.01. The number of carbonyl (C=O) groups is 1. The monoisotopic (exact) mass is 249 g/mol. The van der Waals surface area contributed by atoms with Crippen LogP contribution in [0.1, 0.15) is 30.6 Å². The van der Waals surface area contributed by atoms with E-state index >= 15 is 0 Å². The minimum Gasteiger partial charge on any atom is -0.399 e. The highest BCUT2D eigenvalue weighted by atomic mass is 16.1. The third-order valence-corrected chi connectivity index (χ3v) is 3.19. The van der Waals surface area contributed by atoms with Crippen LogP contribution in [0.5, 0.6) is 0 Å². The van der Waals surface area contributed by atoms with E-state index in [9.17, 15) is 4.79 Å². The predicted octanol–water partition coefficient (Wildman–Crippen LogP) is 2.11. The second-order valence-electron chi connectivity index (χ2n) is 4.75. The Hall–Kier alpha value is -1.71. The minimum absolute atomic E-state index is 0.0824. The number of benzene rings is 1. The summed E-state index contributed by atoms with van der Waals surface area (Å²) in [7, 11) is 3.63. The number of nitrogens with zero attached hydrogens (tertiary/aromatic N) is 1.